The molecule has 0 fully saturated rings. The number of ether oxygens (including phenoxy) is 1. The van der Waals surface area contributed by atoms with Gasteiger partial charge in [-0.3, -0.25) is 0 Å². The molecule has 6 heteroatoms. The van der Waals surface area contributed by atoms with Crippen molar-refractivity contribution in [3.63, 3.8) is 0 Å². The Bertz CT molecular complexity index is 510. The largest absolute Gasteiger partial charge is 0.491 e. The SMILES string of the molecule is CCC(CC)(COc1ccccc1Cl)CS(=O)(=O)Cl. The lowest BCUT2D eigenvalue weighted by Crippen LogP contribution is -2.33. The third-order valence-corrected chi connectivity index (χ3v) is 4.95. The van der Waals surface area contributed by atoms with Gasteiger partial charge in [0.25, 0.3) is 0 Å². The van der Waals surface area contributed by atoms with Crippen molar-refractivity contribution >= 4 is 31.3 Å². The van der Waals surface area contributed by atoms with Crippen LogP contribution >= 0.6 is 22.3 Å². The summed E-state index contributed by atoms with van der Waals surface area (Å²) in [7, 11) is 1.82. The number of hydrogen-bond donors (Lipinski definition) is 0. The average molecular weight is 325 g/mol. The number of para-hydroxylation sites is 1. The minimum atomic E-state index is -3.56. The van der Waals surface area contributed by atoms with Crippen molar-refractivity contribution in [3.05, 3.63) is 29.3 Å². The molecule has 19 heavy (non-hydrogen) atoms. The van der Waals surface area contributed by atoms with Crippen LogP contribution in [0.15, 0.2) is 24.3 Å². The van der Waals surface area contributed by atoms with Gasteiger partial charge in [0, 0.05) is 16.1 Å². The van der Waals surface area contributed by atoms with Crippen molar-refractivity contribution in [2.75, 3.05) is 12.4 Å². The van der Waals surface area contributed by atoms with Gasteiger partial charge in [-0.05, 0) is 25.0 Å². The van der Waals surface area contributed by atoms with Gasteiger partial charge >= 0.3 is 0 Å². The minimum Gasteiger partial charge on any atom is -0.491 e. The summed E-state index contributed by atoms with van der Waals surface area (Å²) in [5.74, 6) is 0.460. The summed E-state index contributed by atoms with van der Waals surface area (Å²) in [6.45, 7) is 4.14. The van der Waals surface area contributed by atoms with Crippen LogP contribution in [0, 0.1) is 5.41 Å². The van der Waals surface area contributed by atoms with Crippen LogP contribution in [0.25, 0.3) is 0 Å². The first-order valence-corrected chi connectivity index (χ1v) is 8.97. The number of halogens is 2. The van der Waals surface area contributed by atoms with Crippen LogP contribution in [0.5, 0.6) is 5.75 Å². The summed E-state index contributed by atoms with van der Waals surface area (Å²) >= 11 is 6.00. The normalized spacial score (nSPS) is 12.4. The fourth-order valence-corrected chi connectivity index (χ4v) is 3.97. The zero-order valence-electron chi connectivity index (χ0n) is 11.0. The highest BCUT2D eigenvalue weighted by Crippen LogP contribution is 2.32. The lowest BCUT2D eigenvalue weighted by Gasteiger charge is -2.30. The molecule has 0 aliphatic heterocycles. The van der Waals surface area contributed by atoms with Crippen LogP contribution in [0.2, 0.25) is 5.02 Å². The molecule has 0 aliphatic rings. The molecule has 0 saturated carbocycles. The Morgan fingerprint density at radius 1 is 1.21 bits per heavy atom. The molecular weight excluding hydrogens is 307 g/mol. The molecule has 0 atom stereocenters. The van der Waals surface area contributed by atoms with Crippen LogP contribution < -0.4 is 4.74 Å². The third kappa shape index (κ3) is 5.21. The monoisotopic (exact) mass is 324 g/mol. The van der Waals surface area contributed by atoms with E-state index >= 15 is 0 Å². The van der Waals surface area contributed by atoms with E-state index in [0.717, 1.165) is 0 Å². The first-order chi connectivity index (χ1) is 8.82. The molecular formula is C13H18Cl2O3S. The van der Waals surface area contributed by atoms with Gasteiger partial charge < -0.3 is 4.74 Å². The summed E-state index contributed by atoms with van der Waals surface area (Å²) in [6.07, 6.45) is 1.33. The van der Waals surface area contributed by atoms with E-state index in [1.54, 1.807) is 12.1 Å². The quantitative estimate of drug-likeness (QED) is 0.709. The maximum absolute atomic E-state index is 11.3. The second-order valence-corrected chi connectivity index (χ2v) is 7.79. The van der Waals surface area contributed by atoms with E-state index in [-0.39, 0.29) is 12.4 Å². The Morgan fingerprint density at radius 2 is 1.79 bits per heavy atom. The molecule has 0 spiro atoms. The zero-order valence-corrected chi connectivity index (χ0v) is 13.4. The van der Waals surface area contributed by atoms with Crippen molar-refractivity contribution in [2.24, 2.45) is 5.41 Å². The van der Waals surface area contributed by atoms with Gasteiger partial charge in [-0.25, -0.2) is 8.42 Å². The predicted octanol–water partition coefficient (Wildman–Crippen LogP) is 4.09. The smallest absolute Gasteiger partial charge is 0.233 e. The average Bonchev–Trinajstić information content (AvgIpc) is 2.35. The summed E-state index contributed by atoms with van der Waals surface area (Å²) < 4.78 is 28.3. The van der Waals surface area contributed by atoms with Gasteiger partial charge in [0.1, 0.15) is 5.75 Å². The Morgan fingerprint density at radius 3 is 2.26 bits per heavy atom. The van der Waals surface area contributed by atoms with Crippen LogP contribution in [0.3, 0.4) is 0 Å². The molecule has 1 aromatic rings. The maximum Gasteiger partial charge on any atom is 0.233 e. The van der Waals surface area contributed by atoms with E-state index in [0.29, 0.717) is 23.6 Å². The van der Waals surface area contributed by atoms with Crippen molar-refractivity contribution < 1.29 is 13.2 Å². The van der Waals surface area contributed by atoms with Gasteiger partial charge in [-0.2, -0.15) is 0 Å². The van der Waals surface area contributed by atoms with Gasteiger partial charge in [-0.1, -0.05) is 37.6 Å². The van der Waals surface area contributed by atoms with Gasteiger partial charge in [0.2, 0.25) is 9.05 Å². The molecule has 1 rings (SSSR count). The first-order valence-electron chi connectivity index (χ1n) is 6.11. The molecule has 0 bridgehead atoms. The van der Waals surface area contributed by atoms with Crippen molar-refractivity contribution in [1.82, 2.24) is 0 Å². The van der Waals surface area contributed by atoms with E-state index in [9.17, 15) is 8.42 Å². The second kappa shape index (κ2) is 6.82. The Kier molecular flexibility index (Phi) is 5.96. The summed E-state index contributed by atoms with van der Waals surface area (Å²) in [4.78, 5) is 0. The van der Waals surface area contributed by atoms with Crippen molar-refractivity contribution in [1.29, 1.82) is 0 Å². The molecule has 0 saturated heterocycles. The van der Waals surface area contributed by atoms with Crippen LogP contribution in [-0.4, -0.2) is 20.8 Å². The standard InChI is InChI=1S/C13H18Cl2O3S/c1-3-13(4-2,10-19(15,16)17)9-18-12-8-6-5-7-11(12)14/h5-8H,3-4,9-10H2,1-2H3. The molecule has 0 radical (unpaired) electrons. The first kappa shape index (κ1) is 16.6. The van der Waals surface area contributed by atoms with Gasteiger partial charge in [-0.15, -0.1) is 0 Å². The van der Waals surface area contributed by atoms with E-state index in [2.05, 4.69) is 0 Å². The lowest BCUT2D eigenvalue weighted by molar-refractivity contribution is 0.155. The highest BCUT2D eigenvalue weighted by atomic mass is 35.7. The summed E-state index contributed by atoms with van der Waals surface area (Å²) in [6, 6.07) is 7.12. The fourth-order valence-electron chi connectivity index (χ4n) is 1.86. The number of benzene rings is 1. The highest BCUT2D eigenvalue weighted by Gasteiger charge is 2.32. The summed E-state index contributed by atoms with van der Waals surface area (Å²) in [5.41, 5.74) is -0.486. The third-order valence-electron chi connectivity index (χ3n) is 3.35. The topological polar surface area (TPSA) is 43.4 Å². The number of hydrogen-bond acceptors (Lipinski definition) is 3. The van der Waals surface area contributed by atoms with Crippen molar-refractivity contribution in [2.45, 2.75) is 26.7 Å². The molecule has 3 nitrogen and oxygen atoms in total. The number of rotatable bonds is 7. The molecule has 108 valence electrons. The maximum atomic E-state index is 11.3. The van der Waals surface area contributed by atoms with Crippen molar-refractivity contribution in [3.8, 4) is 5.75 Å². The summed E-state index contributed by atoms with van der Waals surface area (Å²) in [5, 5.41) is 0.511. The molecule has 0 heterocycles. The van der Waals surface area contributed by atoms with E-state index < -0.39 is 14.5 Å². The molecule has 0 aliphatic carbocycles. The van der Waals surface area contributed by atoms with E-state index in [1.807, 2.05) is 26.0 Å². The fraction of sp³-hybridized carbons (Fsp3) is 0.538. The minimum absolute atomic E-state index is 0.0982. The molecule has 0 aromatic heterocycles. The second-order valence-electron chi connectivity index (χ2n) is 4.61. The Hall–Kier alpha value is -0.450. The highest BCUT2D eigenvalue weighted by molar-refractivity contribution is 8.13. The van der Waals surface area contributed by atoms with Crippen LogP contribution in [0.4, 0.5) is 0 Å². The predicted molar refractivity (Wildman–Crippen MR) is 79.6 cm³/mol. The Balaban J connectivity index is 2.83. The molecule has 0 N–H and O–H groups in total. The lowest BCUT2D eigenvalue weighted by atomic mass is 9.85. The van der Waals surface area contributed by atoms with Crippen LogP contribution in [-0.2, 0) is 9.05 Å². The van der Waals surface area contributed by atoms with E-state index in [1.165, 1.54) is 0 Å². The molecule has 0 unspecified atom stereocenters. The van der Waals surface area contributed by atoms with Crippen LogP contribution in [0.1, 0.15) is 26.7 Å². The zero-order chi connectivity index (χ0) is 14.5. The van der Waals surface area contributed by atoms with E-state index in [4.69, 9.17) is 27.0 Å². The Labute approximate surface area is 124 Å². The molecule has 0 amide bonds. The molecule has 1 aromatic carbocycles. The van der Waals surface area contributed by atoms with Gasteiger partial charge in [0.15, 0.2) is 0 Å². The van der Waals surface area contributed by atoms with Gasteiger partial charge in [0.05, 0.1) is 17.4 Å².